The monoisotopic (exact) mass is 234 g/mol. The number of aromatic carboxylic acids is 1. The summed E-state index contributed by atoms with van der Waals surface area (Å²) in [5.41, 5.74) is -2.18. The van der Waals surface area contributed by atoms with Gasteiger partial charge in [0.15, 0.2) is 5.75 Å². The maximum Gasteiger partial charge on any atom is 0.384 e. The number of nitro groups is 1. The zero-order valence-corrected chi connectivity index (χ0v) is 7.42. The lowest BCUT2D eigenvalue weighted by Gasteiger charge is -2.02. The van der Waals surface area contributed by atoms with Crippen molar-refractivity contribution in [3.63, 3.8) is 0 Å². The lowest BCUT2D eigenvalue weighted by atomic mass is 10.2. The first-order valence-electron chi connectivity index (χ1n) is 3.74. The Labute approximate surface area is 86.1 Å². The van der Waals surface area contributed by atoms with Crippen LogP contribution >= 0.6 is 0 Å². The average molecular weight is 234 g/mol. The molecule has 86 valence electrons. The molecule has 0 bridgehead atoms. The van der Waals surface area contributed by atoms with Gasteiger partial charge in [-0.3, -0.25) is 0 Å². The molecule has 7 nitrogen and oxygen atoms in total. The van der Waals surface area contributed by atoms with E-state index in [2.05, 4.69) is 4.98 Å². The molecule has 0 aromatic carbocycles. The first-order valence-corrected chi connectivity index (χ1v) is 3.74. The molecular weight excluding hydrogens is 230 g/mol. The fourth-order valence-corrected chi connectivity index (χ4v) is 0.972. The molecule has 0 aliphatic heterocycles. The van der Waals surface area contributed by atoms with Crippen molar-refractivity contribution in [2.45, 2.75) is 6.43 Å². The third-order valence-electron chi connectivity index (χ3n) is 1.62. The lowest BCUT2D eigenvalue weighted by molar-refractivity contribution is -0.391. The number of hydrogen-bond donors (Lipinski definition) is 2. The molecule has 1 aromatic heterocycles. The van der Waals surface area contributed by atoms with Crippen molar-refractivity contribution in [3.05, 3.63) is 27.4 Å². The van der Waals surface area contributed by atoms with Crippen molar-refractivity contribution < 1.29 is 28.7 Å². The summed E-state index contributed by atoms with van der Waals surface area (Å²) in [6.45, 7) is 0. The number of pyridine rings is 1. The molecule has 2 N–H and O–H groups in total. The number of rotatable bonds is 3. The quantitative estimate of drug-likeness (QED) is 0.602. The summed E-state index contributed by atoms with van der Waals surface area (Å²) in [4.78, 5) is 22.4. The van der Waals surface area contributed by atoms with Crippen molar-refractivity contribution in [1.82, 2.24) is 4.98 Å². The number of alkyl halides is 2. The summed E-state index contributed by atoms with van der Waals surface area (Å²) >= 11 is 0. The minimum Gasteiger partial charge on any atom is -0.504 e. The van der Waals surface area contributed by atoms with Gasteiger partial charge in [-0.15, -0.1) is 0 Å². The Balaban J connectivity index is 3.49. The maximum atomic E-state index is 12.3. The molecule has 0 unspecified atom stereocenters. The van der Waals surface area contributed by atoms with Crippen molar-refractivity contribution in [2.75, 3.05) is 0 Å². The molecule has 1 rings (SSSR count). The summed E-state index contributed by atoms with van der Waals surface area (Å²) in [7, 11) is 0. The van der Waals surface area contributed by atoms with Crippen LogP contribution in [-0.2, 0) is 0 Å². The van der Waals surface area contributed by atoms with Gasteiger partial charge >= 0.3 is 17.5 Å². The van der Waals surface area contributed by atoms with Crippen LogP contribution in [0.4, 0.5) is 14.6 Å². The molecule has 0 aliphatic rings. The van der Waals surface area contributed by atoms with E-state index >= 15 is 0 Å². The minimum absolute atomic E-state index is 0.319. The molecule has 0 radical (unpaired) electrons. The van der Waals surface area contributed by atoms with Gasteiger partial charge in [-0.2, -0.15) is 0 Å². The summed E-state index contributed by atoms with van der Waals surface area (Å²) in [6, 6.07) is 0.319. The van der Waals surface area contributed by atoms with Gasteiger partial charge in [0.25, 0.3) is 6.43 Å². The predicted octanol–water partition coefficient (Wildman–Crippen LogP) is 1.33. The number of carboxylic acid groups (broad SMARTS) is 1. The zero-order valence-electron chi connectivity index (χ0n) is 7.42. The van der Waals surface area contributed by atoms with E-state index in [1.807, 2.05) is 0 Å². The van der Waals surface area contributed by atoms with Crippen LogP contribution in [0, 0.1) is 10.1 Å². The van der Waals surface area contributed by atoms with Gasteiger partial charge in [0, 0.05) is 6.07 Å². The smallest absolute Gasteiger partial charge is 0.384 e. The van der Waals surface area contributed by atoms with Crippen LogP contribution in [0.3, 0.4) is 0 Å². The number of nitrogens with zero attached hydrogens (tertiary/aromatic N) is 2. The van der Waals surface area contributed by atoms with E-state index < -0.39 is 40.1 Å². The molecule has 9 heteroatoms. The van der Waals surface area contributed by atoms with Gasteiger partial charge in [0.2, 0.25) is 0 Å². The second kappa shape index (κ2) is 4.04. The molecule has 0 atom stereocenters. The first-order chi connectivity index (χ1) is 7.34. The van der Waals surface area contributed by atoms with Crippen LogP contribution in [0.5, 0.6) is 5.75 Å². The molecular formula is C7H4F2N2O5. The van der Waals surface area contributed by atoms with Crippen molar-refractivity contribution in [2.24, 2.45) is 0 Å². The van der Waals surface area contributed by atoms with E-state index in [0.717, 1.165) is 0 Å². The average Bonchev–Trinajstić information content (AvgIpc) is 2.15. The van der Waals surface area contributed by atoms with E-state index in [9.17, 15) is 23.7 Å². The number of aromatic hydroxyl groups is 1. The van der Waals surface area contributed by atoms with Crippen molar-refractivity contribution in [3.8, 4) is 5.75 Å². The molecule has 1 heterocycles. The van der Waals surface area contributed by atoms with E-state index in [0.29, 0.717) is 6.07 Å². The van der Waals surface area contributed by atoms with E-state index in [-0.39, 0.29) is 0 Å². The van der Waals surface area contributed by atoms with Gasteiger partial charge in [-0.05, 0) is 9.91 Å². The second-order valence-corrected chi connectivity index (χ2v) is 2.63. The maximum absolute atomic E-state index is 12.3. The molecule has 16 heavy (non-hydrogen) atoms. The Hall–Kier alpha value is -2.32. The standard InChI is InChI=1S/C7H4F2N2O5/c8-5(9)2-1-3(12)4(7(13)14)10-6(2)11(15)16/h1,5,12H,(H,13,14). The number of hydrogen-bond acceptors (Lipinski definition) is 5. The van der Waals surface area contributed by atoms with Gasteiger partial charge in [-0.1, -0.05) is 0 Å². The van der Waals surface area contributed by atoms with Gasteiger partial charge in [0.05, 0.1) is 0 Å². The highest BCUT2D eigenvalue weighted by atomic mass is 19.3. The molecule has 0 aliphatic carbocycles. The normalized spacial score (nSPS) is 10.4. The van der Waals surface area contributed by atoms with Gasteiger partial charge in [0.1, 0.15) is 5.56 Å². The minimum atomic E-state index is -3.23. The number of carbonyl (C=O) groups is 1. The molecule has 0 fully saturated rings. The van der Waals surface area contributed by atoms with E-state index in [1.54, 1.807) is 0 Å². The topological polar surface area (TPSA) is 114 Å². The van der Waals surface area contributed by atoms with E-state index in [1.165, 1.54) is 0 Å². The lowest BCUT2D eigenvalue weighted by Crippen LogP contribution is -2.06. The highest BCUT2D eigenvalue weighted by molar-refractivity contribution is 5.88. The number of halogens is 2. The van der Waals surface area contributed by atoms with Crippen LogP contribution in [0.1, 0.15) is 22.5 Å². The second-order valence-electron chi connectivity index (χ2n) is 2.63. The molecule has 0 saturated carbocycles. The fourth-order valence-electron chi connectivity index (χ4n) is 0.972. The zero-order chi connectivity index (χ0) is 12.5. The third-order valence-corrected chi connectivity index (χ3v) is 1.62. The molecule has 1 aromatic rings. The Morgan fingerprint density at radius 1 is 1.56 bits per heavy atom. The SMILES string of the molecule is O=C(O)c1nc([N+](=O)[O-])c(C(F)F)cc1O. The van der Waals surface area contributed by atoms with E-state index in [4.69, 9.17) is 10.2 Å². The van der Waals surface area contributed by atoms with Crippen LogP contribution in [0.2, 0.25) is 0 Å². The van der Waals surface area contributed by atoms with Gasteiger partial charge in [-0.25, -0.2) is 13.6 Å². The van der Waals surface area contributed by atoms with Crippen LogP contribution in [-0.4, -0.2) is 26.1 Å². The van der Waals surface area contributed by atoms with Crippen LogP contribution < -0.4 is 0 Å². The summed E-state index contributed by atoms with van der Waals surface area (Å²) < 4.78 is 24.6. The summed E-state index contributed by atoms with van der Waals surface area (Å²) in [5, 5.41) is 27.8. The molecule has 0 spiro atoms. The van der Waals surface area contributed by atoms with Crippen molar-refractivity contribution in [1.29, 1.82) is 0 Å². The molecule has 0 saturated heterocycles. The Morgan fingerprint density at radius 2 is 2.12 bits per heavy atom. The van der Waals surface area contributed by atoms with Crippen molar-refractivity contribution >= 4 is 11.8 Å². The van der Waals surface area contributed by atoms with Crippen LogP contribution in [0.15, 0.2) is 6.07 Å². The third kappa shape index (κ3) is 2.02. The molecule has 0 amide bonds. The van der Waals surface area contributed by atoms with Gasteiger partial charge < -0.3 is 20.3 Å². The fraction of sp³-hybridized carbons (Fsp3) is 0.143. The first kappa shape index (κ1) is 11.8. The Bertz CT molecular complexity index is 462. The highest BCUT2D eigenvalue weighted by Crippen LogP contribution is 2.31. The summed E-state index contributed by atoms with van der Waals surface area (Å²) in [6.07, 6.45) is -3.23. The van der Waals surface area contributed by atoms with Crippen LogP contribution in [0.25, 0.3) is 0 Å². The Kier molecular flexibility index (Phi) is 2.97. The Morgan fingerprint density at radius 3 is 2.50 bits per heavy atom. The number of aromatic nitrogens is 1. The number of carboxylic acids is 1. The highest BCUT2D eigenvalue weighted by Gasteiger charge is 2.30. The largest absolute Gasteiger partial charge is 0.504 e. The summed E-state index contributed by atoms with van der Waals surface area (Å²) in [5.74, 6) is -4.08. The predicted molar refractivity (Wildman–Crippen MR) is 44.5 cm³/mol.